The van der Waals surface area contributed by atoms with E-state index >= 15 is 0 Å². The number of aromatic amines is 1. The third-order valence-corrected chi connectivity index (χ3v) is 6.39. The smallest absolute Gasteiger partial charge is 0.326 e. The van der Waals surface area contributed by atoms with Crippen molar-refractivity contribution in [3.8, 4) is 0 Å². The fourth-order valence-electron chi connectivity index (χ4n) is 4.09. The predicted molar refractivity (Wildman–Crippen MR) is 146 cm³/mol. The lowest BCUT2D eigenvalue weighted by atomic mass is 10.0. The van der Waals surface area contributed by atoms with Crippen molar-refractivity contribution < 1.29 is 29.1 Å². The molecule has 2 aromatic rings. The minimum absolute atomic E-state index is 0.00776. The molecule has 0 aliphatic heterocycles. The molecule has 4 amide bonds. The van der Waals surface area contributed by atoms with E-state index in [2.05, 4.69) is 20.9 Å². The molecule has 1 aromatic carbocycles. The number of hydrogen-bond donors (Lipinski definition) is 7. The minimum Gasteiger partial charge on any atom is -0.480 e. The molecule has 0 saturated carbocycles. The number of benzene rings is 1. The number of primary amides is 1. The molecule has 1 heterocycles. The number of aliphatic carboxylic acids is 1. The van der Waals surface area contributed by atoms with Gasteiger partial charge >= 0.3 is 5.97 Å². The van der Waals surface area contributed by atoms with Gasteiger partial charge in [0.15, 0.2) is 0 Å². The largest absolute Gasteiger partial charge is 0.480 e. The zero-order valence-electron chi connectivity index (χ0n) is 22.8. The van der Waals surface area contributed by atoms with E-state index in [4.69, 9.17) is 11.5 Å². The Labute approximate surface area is 227 Å². The summed E-state index contributed by atoms with van der Waals surface area (Å²) in [6.07, 6.45) is 1.65. The van der Waals surface area contributed by atoms with Crippen LogP contribution in [0.2, 0.25) is 0 Å². The van der Waals surface area contributed by atoms with Gasteiger partial charge in [-0.3, -0.25) is 19.2 Å². The predicted octanol–water partition coefficient (Wildman–Crippen LogP) is 0.544. The van der Waals surface area contributed by atoms with Crippen molar-refractivity contribution in [2.45, 2.75) is 77.5 Å². The van der Waals surface area contributed by atoms with Crippen LogP contribution in [0.15, 0.2) is 30.5 Å². The highest BCUT2D eigenvalue weighted by Gasteiger charge is 2.31. The molecule has 1 aromatic heterocycles. The van der Waals surface area contributed by atoms with Crippen LogP contribution in [0.1, 0.15) is 52.5 Å². The molecule has 0 saturated heterocycles. The number of fused-ring (bicyclic) bond motifs is 1. The summed E-state index contributed by atoms with van der Waals surface area (Å²) >= 11 is 0. The molecule has 9 N–H and O–H groups in total. The van der Waals surface area contributed by atoms with Gasteiger partial charge in [-0.15, -0.1) is 0 Å². The molecule has 0 spiro atoms. The number of amides is 4. The lowest BCUT2D eigenvalue weighted by Crippen LogP contribution is -2.58. The van der Waals surface area contributed by atoms with E-state index in [1.165, 1.54) is 0 Å². The number of H-pyrrole nitrogens is 1. The summed E-state index contributed by atoms with van der Waals surface area (Å²) in [5.74, 6) is -4.08. The summed E-state index contributed by atoms with van der Waals surface area (Å²) in [6, 6.07) is 2.98. The highest BCUT2D eigenvalue weighted by molar-refractivity contribution is 5.95. The summed E-state index contributed by atoms with van der Waals surface area (Å²) in [4.78, 5) is 65.7. The van der Waals surface area contributed by atoms with Crippen LogP contribution in [0.5, 0.6) is 0 Å². The van der Waals surface area contributed by atoms with Crippen molar-refractivity contribution in [3.05, 3.63) is 36.0 Å². The second-order valence-corrected chi connectivity index (χ2v) is 10.5. The lowest BCUT2D eigenvalue weighted by molar-refractivity contribution is -0.142. The van der Waals surface area contributed by atoms with Gasteiger partial charge in [0.1, 0.15) is 18.1 Å². The van der Waals surface area contributed by atoms with Crippen LogP contribution in [0, 0.1) is 11.8 Å². The Bertz CT molecular complexity index is 1180. The van der Waals surface area contributed by atoms with Crippen LogP contribution >= 0.6 is 0 Å². The quantitative estimate of drug-likeness (QED) is 0.169. The van der Waals surface area contributed by atoms with Gasteiger partial charge in [-0.25, -0.2) is 4.79 Å². The Morgan fingerprint density at radius 2 is 1.49 bits per heavy atom. The van der Waals surface area contributed by atoms with Crippen molar-refractivity contribution in [2.24, 2.45) is 23.3 Å². The number of carbonyl (C=O) groups excluding carboxylic acids is 4. The average molecular weight is 545 g/mol. The number of carbonyl (C=O) groups is 5. The molecule has 0 radical (unpaired) electrons. The molecule has 0 bridgehead atoms. The number of nitrogens with one attached hydrogen (secondary N) is 4. The van der Waals surface area contributed by atoms with Gasteiger partial charge < -0.3 is 37.5 Å². The molecule has 4 atom stereocenters. The molecule has 12 heteroatoms. The van der Waals surface area contributed by atoms with E-state index in [-0.39, 0.29) is 37.5 Å². The summed E-state index contributed by atoms with van der Waals surface area (Å²) in [5.41, 5.74) is 12.7. The fourth-order valence-corrected chi connectivity index (χ4v) is 4.09. The summed E-state index contributed by atoms with van der Waals surface area (Å²) in [7, 11) is 0. The number of carboxylic acid groups (broad SMARTS) is 1. The van der Waals surface area contributed by atoms with Gasteiger partial charge in [-0.05, 0) is 36.3 Å². The van der Waals surface area contributed by atoms with E-state index in [1.807, 2.05) is 38.1 Å². The van der Waals surface area contributed by atoms with Crippen LogP contribution in [-0.2, 0) is 30.4 Å². The molecule has 214 valence electrons. The zero-order valence-corrected chi connectivity index (χ0v) is 22.8. The minimum atomic E-state index is -1.20. The van der Waals surface area contributed by atoms with Crippen molar-refractivity contribution in [3.63, 3.8) is 0 Å². The summed E-state index contributed by atoms with van der Waals surface area (Å²) < 4.78 is 0. The molecule has 12 nitrogen and oxygen atoms in total. The van der Waals surface area contributed by atoms with Gasteiger partial charge in [0.2, 0.25) is 23.6 Å². The monoisotopic (exact) mass is 544 g/mol. The van der Waals surface area contributed by atoms with Gasteiger partial charge in [-0.1, -0.05) is 45.9 Å². The molecule has 2 rings (SSSR count). The normalized spacial score (nSPS) is 14.4. The number of rotatable bonds is 15. The number of hydrogen-bond acceptors (Lipinski definition) is 6. The van der Waals surface area contributed by atoms with Crippen LogP contribution in [0.3, 0.4) is 0 Å². The Balaban J connectivity index is 2.35. The van der Waals surface area contributed by atoms with E-state index in [9.17, 15) is 29.1 Å². The van der Waals surface area contributed by atoms with Gasteiger partial charge in [0.25, 0.3) is 0 Å². The van der Waals surface area contributed by atoms with E-state index in [1.54, 1.807) is 20.0 Å². The summed E-state index contributed by atoms with van der Waals surface area (Å²) in [5, 5.41) is 18.2. The molecule has 4 unspecified atom stereocenters. The maximum absolute atomic E-state index is 13.4. The van der Waals surface area contributed by atoms with E-state index in [0.29, 0.717) is 0 Å². The Morgan fingerprint density at radius 3 is 2.08 bits per heavy atom. The molecular formula is C27H40N6O6. The van der Waals surface area contributed by atoms with E-state index < -0.39 is 53.8 Å². The number of aromatic nitrogens is 1. The molecular weight excluding hydrogens is 504 g/mol. The first-order valence-corrected chi connectivity index (χ1v) is 13.0. The zero-order chi connectivity index (χ0) is 29.3. The molecule has 0 fully saturated rings. The third-order valence-electron chi connectivity index (χ3n) is 6.39. The highest BCUT2D eigenvalue weighted by Crippen LogP contribution is 2.19. The van der Waals surface area contributed by atoms with Crippen LogP contribution in [0.4, 0.5) is 0 Å². The van der Waals surface area contributed by atoms with Gasteiger partial charge in [0.05, 0.1) is 6.04 Å². The lowest BCUT2D eigenvalue weighted by Gasteiger charge is -2.26. The molecule has 0 aliphatic rings. The fraction of sp³-hybridized carbons (Fsp3) is 0.519. The second kappa shape index (κ2) is 14.3. The van der Waals surface area contributed by atoms with Gasteiger partial charge in [-0.2, -0.15) is 0 Å². The Kier molecular flexibility index (Phi) is 11.5. The maximum atomic E-state index is 13.4. The Morgan fingerprint density at radius 1 is 0.897 bits per heavy atom. The molecule has 39 heavy (non-hydrogen) atoms. The standard InChI is InChI=1S/C27H40N6O6/c1-14(2)11-21(27(38)39)33-25(36)20(12-16-13-30-18-8-6-5-7-17(16)18)32-24(35)19(9-10-22(28)34)31-26(37)23(29)15(3)4/h5-8,13-15,19-21,23,30H,9-12,29H2,1-4H3,(H2,28,34)(H,31,37)(H,32,35)(H,33,36)(H,38,39). The third kappa shape index (κ3) is 9.40. The first-order chi connectivity index (χ1) is 18.3. The van der Waals surface area contributed by atoms with Crippen LogP contribution < -0.4 is 27.4 Å². The number of para-hydroxylation sites is 1. The van der Waals surface area contributed by atoms with Gasteiger partial charge in [0, 0.05) is 29.9 Å². The Hall–Kier alpha value is -3.93. The van der Waals surface area contributed by atoms with Crippen molar-refractivity contribution in [2.75, 3.05) is 0 Å². The van der Waals surface area contributed by atoms with Crippen molar-refractivity contribution in [1.82, 2.24) is 20.9 Å². The number of nitrogens with two attached hydrogens (primary N) is 2. The topological polar surface area (TPSA) is 210 Å². The first-order valence-electron chi connectivity index (χ1n) is 13.0. The highest BCUT2D eigenvalue weighted by atomic mass is 16.4. The number of carboxylic acids is 1. The van der Waals surface area contributed by atoms with Crippen molar-refractivity contribution >= 4 is 40.5 Å². The molecule has 0 aliphatic carbocycles. The SMILES string of the molecule is CC(C)CC(NC(=O)C(Cc1c[nH]c2ccccc12)NC(=O)C(CCC(N)=O)NC(=O)C(N)C(C)C)C(=O)O. The van der Waals surface area contributed by atoms with Crippen LogP contribution in [-0.4, -0.2) is 63.9 Å². The second-order valence-electron chi connectivity index (χ2n) is 10.5. The van der Waals surface area contributed by atoms with Crippen LogP contribution in [0.25, 0.3) is 10.9 Å². The summed E-state index contributed by atoms with van der Waals surface area (Å²) in [6.45, 7) is 7.17. The van der Waals surface area contributed by atoms with E-state index in [0.717, 1.165) is 16.5 Å². The average Bonchev–Trinajstić information content (AvgIpc) is 3.27. The maximum Gasteiger partial charge on any atom is 0.326 e. The first kappa shape index (κ1) is 31.3. The van der Waals surface area contributed by atoms with Crippen molar-refractivity contribution in [1.29, 1.82) is 0 Å².